The molecule has 110 valence electrons. The molecular weight excluding hydrogens is 248 g/mol. The van der Waals surface area contributed by atoms with E-state index in [-0.39, 0.29) is 5.91 Å². The highest BCUT2D eigenvalue weighted by atomic mass is 16.2. The van der Waals surface area contributed by atoms with Crippen molar-refractivity contribution in [3.05, 3.63) is 29.3 Å². The Balaban J connectivity index is 2.04. The van der Waals surface area contributed by atoms with Gasteiger partial charge in [-0.05, 0) is 50.9 Å². The number of rotatable bonds is 3. The Bertz CT molecular complexity index is 442. The van der Waals surface area contributed by atoms with E-state index in [4.69, 9.17) is 0 Å². The first kappa shape index (κ1) is 15.0. The van der Waals surface area contributed by atoms with Crippen molar-refractivity contribution in [3.8, 4) is 0 Å². The molecule has 0 atom stereocenters. The lowest BCUT2D eigenvalue weighted by Gasteiger charge is -2.26. The number of carbonyl (C=O) groups is 1. The topological polar surface area (TPSA) is 23.6 Å². The molecule has 2 rings (SSSR count). The van der Waals surface area contributed by atoms with E-state index in [2.05, 4.69) is 30.9 Å². The minimum Gasteiger partial charge on any atom is -0.314 e. The van der Waals surface area contributed by atoms with Crippen molar-refractivity contribution in [3.63, 3.8) is 0 Å². The Morgan fingerprint density at radius 2 is 1.65 bits per heavy atom. The molecule has 1 aliphatic heterocycles. The first-order valence-electron chi connectivity index (χ1n) is 7.64. The Morgan fingerprint density at radius 3 is 2.20 bits per heavy atom. The highest BCUT2D eigenvalue weighted by molar-refractivity contribution is 5.95. The number of hydrogen-bond acceptors (Lipinski definition) is 2. The van der Waals surface area contributed by atoms with Crippen LogP contribution in [0.25, 0.3) is 0 Å². The van der Waals surface area contributed by atoms with Gasteiger partial charge in [0.1, 0.15) is 0 Å². The first-order chi connectivity index (χ1) is 9.59. The number of para-hydroxylation sites is 1. The maximum atomic E-state index is 12.5. The summed E-state index contributed by atoms with van der Waals surface area (Å²) in [6.45, 7) is 6.80. The molecule has 1 aliphatic rings. The molecule has 0 aliphatic carbocycles. The standard InChI is InChI=1S/C17H26N2O/c1-14-9-8-10-15(2)17(14)18(3)16(20)13-19-11-6-4-5-7-12-19/h8-10H,4-7,11-13H2,1-3H3. The molecule has 0 saturated carbocycles. The highest BCUT2D eigenvalue weighted by Crippen LogP contribution is 2.23. The van der Waals surface area contributed by atoms with Crippen molar-refractivity contribution in [1.29, 1.82) is 0 Å². The van der Waals surface area contributed by atoms with Crippen LogP contribution in [0.4, 0.5) is 5.69 Å². The van der Waals surface area contributed by atoms with Crippen LogP contribution >= 0.6 is 0 Å². The van der Waals surface area contributed by atoms with Crippen LogP contribution < -0.4 is 4.90 Å². The lowest BCUT2D eigenvalue weighted by Crippen LogP contribution is -2.39. The van der Waals surface area contributed by atoms with Crippen LogP contribution in [0.3, 0.4) is 0 Å². The van der Waals surface area contributed by atoms with Crippen LogP contribution in [-0.2, 0) is 4.79 Å². The fraction of sp³-hybridized carbons (Fsp3) is 0.588. The maximum absolute atomic E-state index is 12.5. The Labute approximate surface area is 122 Å². The summed E-state index contributed by atoms with van der Waals surface area (Å²) in [5, 5.41) is 0. The molecule has 1 aromatic carbocycles. The number of aryl methyl sites for hydroxylation is 2. The lowest BCUT2D eigenvalue weighted by atomic mass is 10.1. The van der Waals surface area contributed by atoms with Gasteiger partial charge >= 0.3 is 0 Å². The summed E-state index contributed by atoms with van der Waals surface area (Å²) >= 11 is 0. The Hall–Kier alpha value is -1.35. The Morgan fingerprint density at radius 1 is 1.10 bits per heavy atom. The summed E-state index contributed by atoms with van der Waals surface area (Å²) in [6.07, 6.45) is 5.05. The number of likely N-dealkylation sites (N-methyl/N-ethyl adjacent to an activating group) is 1. The van der Waals surface area contributed by atoms with Crippen LogP contribution in [-0.4, -0.2) is 37.5 Å². The van der Waals surface area contributed by atoms with Gasteiger partial charge in [-0.15, -0.1) is 0 Å². The van der Waals surface area contributed by atoms with Gasteiger partial charge < -0.3 is 4.90 Å². The maximum Gasteiger partial charge on any atom is 0.240 e. The number of carbonyl (C=O) groups excluding carboxylic acids is 1. The van der Waals surface area contributed by atoms with Crippen LogP contribution in [0.15, 0.2) is 18.2 Å². The molecule has 1 saturated heterocycles. The van der Waals surface area contributed by atoms with Gasteiger partial charge in [0.2, 0.25) is 5.91 Å². The van der Waals surface area contributed by atoms with E-state index in [1.807, 2.05) is 18.0 Å². The smallest absolute Gasteiger partial charge is 0.240 e. The molecular formula is C17H26N2O. The predicted octanol–water partition coefficient (Wildman–Crippen LogP) is 3.14. The van der Waals surface area contributed by atoms with Gasteiger partial charge in [-0.2, -0.15) is 0 Å². The predicted molar refractivity (Wildman–Crippen MR) is 84.2 cm³/mol. The molecule has 20 heavy (non-hydrogen) atoms. The molecule has 3 nitrogen and oxygen atoms in total. The number of anilines is 1. The summed E-state index contributed by atoms with van der Waals surface area (Å²) in [4.78, 5) is 16.6. The Kier molecular flexibility index (Phi) is 5.18. The summed E-state index contributed by atoms with van der Waals surface area (Å²) in [6, 6.07) is 6.18. The van der Waals surface area contributed by atoms with Gasteiger partial charge in [0.15, 0.2) is 0 Å². The second-order valence-electron chi connectivity index (χ2n) is 5.88. The van der Waals surface area contributed by atoms with Crippen LogP contribution in [0, 0.1) is 13.8 Å². The molecule has 1 aromatic rings. The van der Waals surface area contributed by atoms with E-state index < -0.39 is 0 Å². The van der Waals surface area contributed by atoms with Gasteiger partial charge in [0.25, 0.3) is 0 Å². The van der Waals surface area contributed by atoms with Crippen LogP contribution in [0.1, 0.15) is 36.8 Å². The largest absolute Gasteiger partial charge is 0.314 e. The van der Waals surface area contributed by atoms with Crippen molar-refractivity contribution in [1.82, 2.24) is 4.90 Å². The average molecular weight is 274 g/mol. The van der Waals surface area contributed by atoms with Crippen molar-refractivity contribution >= 4 is 11.6 Å². The van der Waals surface area contributed by atoms with E-state index >= 15 is 0 Å². The zero-order chi connectivity index (χ0) is 14.5. The van der Waals surface area contributed by atoms with E-state index in [0.29, 0.717) is 6.54 Å². The molecule has 3 heteroatoms. The van der Waals surface area contributed by atoms with Gasteiger partial charge in [0, 0.05) is 12.7 Å². The molecule has 0 radical (unpaired) electrons. The molecule has 0 N–H and O–H groups in total. The summed E-state index contributed by atoms with van der Waals surface area (Å²) < 4.78 is 0. The van der Waals surface area contributed by atoms with Gasteiger partial charge in [0.05, 0.1) is 6.54 Å². The quantitative estimate of drug-likeness (QED) is 0.845. The van der Waals surface area contributed by atoms with Gasteiger partial charge in [-0.1, -0.05) is 31.0 Å². The zero-order valence-electron chi connectivity index (χ0n) is 13.0. The van der Waals surface area contributed by atoms with E-state index in [1.54, 1.807) is 0 Å². The third-order valence-corrected chi connectivity index (χ3v) is 4.21. The molecule has 1 fully saturated rings. The molecule has 0 spiro atoms. The number of likely N-dealkylation sites (tertiary alicyclic amines) is 1. The molecule has 1 heterocycles. The molecule has 1 amide bonds. The monoisotopic (exact) mass is 274 g/mol. The molecule has 0 bridgehead atoms. The molecule has 0 unspecified atom stereocenters. The van der Waals surface area contributed by atoms with Crippen LogP contribution in [0.2, 0.25) is 0 Å². The fourth-order valence-corrected chi connectivity index (χ4v) is 3.05. The summed E-state index contributed by atoms with van der Waals surface area (Å²) in [7, 11) is 1.90. The fourth-order valence-electron chi connectivity index (χ4n) is 3.05. The van der Waals surface area contributed by atoms with Crippen molar-refractivity contribution in [2.24, 2.45) is 0 Å². The number of nitrogens with zero attached hydrogens (tertiary/aromatic N) is 2. The van der Waals surface area contributed by atoms with Crippen LogP contribution in [0.5, 0.6) is 0 Å². The van der Waals surface area contributed by atoms with Gasteiger partial charge in [-0.3, -0.25) is 9.69 Å². The van der Waals surface area contributed by atoms with Crippen molar-refractivity contribution in [2.45, 2.75) is 39.5 Å². The summed E-state index contributed by atoms with van der Waals surface area (Å²) in [5.41, 5.74) is 3.39. The SMILES string of the molecule is Cc1cccc(C)c1N(C)C(=O)CN1CCCCCC1. The van der Waals surface area contributed by atoms with E-state index in [0.717, 1.165) is 29.9 Å². The number of amides is 1. The number of hydrogen-bond donors (Lipinski definition) is 0. The average Bonchev–Trinajstić information content (AvgIpc) is 2.67. The summed E-state index contributed by atoms with van der Waals surface area (Å²) in [5.74, 6) is 0.198. The minimum atomic E-state index is 0.198. The third kappa shape index (κ3) is 3.60. The van der Waals surface area contributed by atoms with Crippen molar-refractivity contribution < 1.29 is 4.79 Å². The van der Waals surface area contributed by atoms with E-state index in [1.165, 1.54) is 25.7 Å². The first-order valence-corrected chi connectivity index (χ1v) is 7.64. The zero-order valence-corrected chi connectivity index (χ0v) is 13.0. The second kappa shape index (κ2) is 6.89. The van der Waals surface area contributed by atoms with Gasteiger partial charge in [-0.25, -0.2) is 0 Å². The molecule has 0 aromatic heterocycles. The van der Waals surface area contributed by atoms with E-state index in [9.17, 15) is 4.79 Å². The van der Waals surface area contributed by atoms with Crippen molar-refractivity contribution in [2.75, 3.05) is 31.6 Å². The lowest BCUT2D eigenvalue weighted by molar-refractivity contribution is -0.119. The minimum absolute atomic E-state index is 0.198. The second-order valence-corrected chi connectivity index (χ2v) is 5.88. The normalized spacial score (nSPS) is 16.8. The third-order valence-electron chi connectivity index (χ3n) is 4.21. The highest BCUT2D eigenvalue weighted by Gasteiger charge is 2.18. The number of benzene rings is 1.